The van der Waals surface area contributed by atoms with Gasteiger partial charge in [-0.05, 0) is 53.8 Å². The van der Waals surface area contributed by atoms with Gasteiger partial charge in [-0.25, -0.2) is 0 Å². The van der Waals surface area contributed by atoms with E-state index < -0.39 is 0 Å². The van der Waals surface area contributed by atoms with E-state index in [2.05, 4.69) is 31.4 Å². The fourth-order valence-electron chi connectivity index (χ4n) is 2.35. The van der Waals surface area contributed by atoms with Gasteiger partial charge in [0, 0.05) is 16.3 Å². The Hall–Kier alpha value is -2.33. The third kappa shape index (κ3) is 5.33. The van der Waals surface area contributed by atoms with Crippen LogP contribution >= 0.6 is 11.6 Å². The van der Waals surface area contributed by atoms with Crippen LogP contribution in [-0.2, 0) is 10.2 Å². The van der Waals surface area contributed by atoms with Crippen LogP contribution in [0.3, 0.4) is 0 Å². The Kier molecular flexibility index (Phi) is 5.85. The van der Waals surface area contributed by atoms with Crippen LogP contribution in [-0.4, -0.2) is 18.4 Å². The van der Waals surface area contributed by atoms with Crippen molar-refractivity contribution in [2.45, 2.75) is 33.1 Å². The van der Waals surface area contributed by atoms with Gasteiger partial charge in [0.25, 0.3) is 5.91 Å². The third-order valence-electron chi connectivity index (χ3n) is 3.89. The molecule has 0 aliphatic carbocycles. The summed E-state index contributed by atoms with van der Waals surface area (Å²) in [7, 11) is 0. The molecular formula is C20H23ClN2O2. The van der Waals surface area contributed by atoms with Crippen LogP contribution in [0.2, 0.25) is 5.02 Å². The van der Waals surface area contributed by atoms with E-state index in [-0.39, 0.29) is 23.8 Å². The van der Waals surface area contributed by atoms with E-state index in [0.717, 1.165) is 11.1 Å². The Labute approximate surface area is 153 Å². The van der Waals surface area contributed by atoms with Crippen molar-refractivity contribution in [2.24, 2.45) is 0 Å². The lowest BCUT2D eigenvalue weighted by Crippen LogP contribution is -2.33. The zero-order valence-corrected chi connectivity index (χ0v) is 15.7. The van der Waals surface area contributed by atoms with Gasteiger partial charge in [0.15, 0.2) is 0 Å². The summed E-state index contributed by atoms with van der Waals surface area (Å²) in [6, 6.07) is 12.6. The van der Waals surface area contributed by atoms with Crippen LogP contribution in [0.1, 0.15) is 42.3 Å². The van der Waals surface area contributed by atoms with Crippen molar-refractivity contribution in [3.8, 4) is 0 Å². The molecule has 0 atom stereocenters. The summed E-state index contributed by atoms with van der Waals surface area (Å²) in [5.41, 5.74) is 3.26. The minimum atomic E-state index is -0.287. The molecule has 25 heavy (non-hydrogen) atoms. The van der Waals surface area contributed by atoms with E-state index in [1.807, 2.05) is 19.1 Å². The number of amides is 2. The third-order valence-corrected chi connectivity index (χ3v) is 4.12. The second kappa shape index (κ2) is 7.70. The van der Waals surface area contributed by atoms with Gasteiger partial charge in [-0.2, -0.15) is 0 Å². The highest BCUT2D eigenvalue weighted by Gasteiger charge is 2.14. The Morgan fingerprint density at radius 3 is 2.24 bits per heavy atom. The number of anilines is 1. The van der Waals surface area contributed by atoms with E-state index >= 15 is 0 Å². The minimum Gasteiger partial charge on any atom is -0.343 e. The number of hydrogen-bond donors (Lipinski definition) is 2. The fourth-order valence-corrected chi connectivity index (χ4v) is 2.57. The summed E-state index contributed by atoms with van der Waals surface area (Å²) >= 11 is 5.89. The molecule has 4 nitrogen and oxygen atoms in total. The molecule has 0 aliphatic heterocycles. The molecule has 0 heterocycles. The van der Waals surface area contributed by atoms with Crippen LogP contribution in [0.15, 0.2) is 42.5 Å². The average molecular weight is 359 g/mol. The molecule has 2 aromatic rings. The van der Waals surface area contributed by atoms with Gasteiger partial charge >= 0.3 is 0 Å². The number of halogens is 1. The summed E-state index contributed by atoms with van der Waals surface area (Å²) in [4.78, 5) is 24.2. The molecule has 0 aliphatic rings. The molecule has 0 unspecified atom stereocenters. The summed E-state index contributed by atoms with van der Waals surface area (Å²) in [5, 5.41) is 6.01. The highest BCUT2D eigenvalue weighted by Crippen LogP contribution is 2.22. The molecule has 0 spiro atoms. The molecular weight excluding hydrogens is 336 g/mol. The first-order valence-corrected chi connectivity index (χ1v) is 8.49. The monoisotopic (exact) mass is 358 g/mol. The number of benzene rings is 2. The zero-order valence-electron chi connectivity index (χ0n) is 14.9. The summed E-state index contributed by atoms with van der Waals surface area (Å²) in [5.74, 6) is -0.562. The first-order valence-electron chi connectivity index (χ1n) is 8.11. The van der Waals surface area contributed by atoms with Crippen molar-refractivity contribution in [2.75, 3.05) is 11.9 Å². The van der Waals surface area contributed by atoms with Crippen LogP contribution < -0.4 is 10.6 Å². The molecule has 0 aromatic heterocycles. The van der Waals surface area contributed by atoms with E-state index in [0.29, 0.717) is 16.3 Å². The van der Waals surface area contributed by atoms with E-state index in [9.17, 15) is 9.59 Å². The fraction of sp³-hybridized carbons (Fsp3) is 0.300. The Morgan fingerprint density at radius 1 is 1.04 bits per heavy atom. The highest BCUT2D eigenvalue weighted by molar-refractivity contribution is 6.30. The smallest absolute Gasteiger partial charge is 0.251 e. The molecule has 0 bridgehead atoms. The predicted molar refractivity (Wildman–Crippen MR) is 102 cm³/mol. The van der Waals surface area contributed by atoms with Crippen LogP contribution in [0.5, 0.6) is 0 Å². The Morgan fingerprint density at radius 2 is 1.68 bits per heavy atom. The highest BCUT2D eigenvalue weighted by atomic mass is 35.5. The topological polar surface area (TPSA) is 58.2 Å². The molecule has 132 valence electrons. The number of aryl methyl sites for hydroxylation is 1. The van der Waals surface area contributed by atoms with E-state index in [1.54, 1.807) is 30.3 Å². The van der Waals surface area contributed by atoms with E-state index in [4.69, 9.17) is 11.6 Å². The largest absolute Gasteiger partial charge is 0.343 e. The lowest BCUT2D eigenvalue weighted by atomic mass is 9.87. The normalized spacial score (nSPS) is 11.1. The van der Waals surface area contributed by atoms with Crippen molar-refractivity contribution in [1.82, 2.24) is 5.32 Å². The molecule has 2 N–H and O–H groups in total. The van der Waals surface area contributed by atoms with Gasteiger partial charge in [-0.1, -0.05) is 44.5 Å². The maximum Gasteiger partial charge on any atom is 0.251 e. The minimum absolute atomic E-state index is 0.0331. The van der Waals surface area contributed by atoms with Crippen molar-refractivity contribution in [1.29, 1.82) is 0 Å². The van der Waals surface area contributed by atoms with Gasteiger partial charge in [0.05, 0.1) is 6.54 Å². The van der Waals surface area contributed by atoms with Gasteiger partial charge in [0.2, 0.25) is 5.91 Å². The standard InChI is InChI=1S/C20H23ClN2O2/c1-13-11-16(21)9-10-17(13)23-18(24)12-22-19(25)14-5-7-15(8-6-14)20(2,3)4/h5-11H,12H2,1-4H3,(H,22,25)(H,23,24). The van der Waals surface area contributed by atoms with Crippen LogP contribution in [0.25, 0.3) is 0 Å². The second-order valence-electron chi connectivity index (χ2n) is 7.02. The second-order valence-corrected chi connectivity index (χ2v) is 7.45. The molecule has 2 amide bonds. The van der Waals surface area contributed by atoms with Gasteiger partial charge in [-0.15, -0.1) is 0 Å². The lowest BCUT2D eigenvalue weighted by molar-refractivity contribution is -0.115. The summed E-state index contributed by atoms with van der Waals surface area (Å²) < 4.78 is 0. The first-order chi connectivity index (χ1) is 11.7. The quantitative estimate of drug-likeness (QED) is 0.855. The van der Waals surface area contributed by atoms with Crippen molar-refractivity contribution in [3.05, 3.63) is 64.2 Å². The molecule has 2 aromatic carbocycles. The number of hydrogen-bond acceptors (Lipinski definition) is 2. The lowest BCUT2D eigenvalue weighted by Gasteiger charge is -2.19. The average Bonchev–Trinajstić information content (AvgIpc) is 2.54. The molecule has 0 radical (unpaired) electrons. The van der Waals surface area contributed by atoms with Crippen molar-refractivity contribution < 1.29 is 9.59 Å². The maximum atomic E-state index is 12.2. The Bertz CT molecular complexity index is 777. The number of rotatable bonds is 4. The van der Waals surface area contributed by atoms with Gasteiger partial charge in [-0.3, -0.25) is 9.59 Å². The van der Waals surface area contributed by atoms with Crippen LogP contribution in [0, 0.1) is 6.92 Å². The Balaban J connectivity index is 1.92. The maximum absolute atomic E-state index is 12.2. The summed E-state index contributed by atoms with van der Waals surface area (Å²) in [6.07, 6.45) is 0. The number of carbonyl (C=O) groups is 2. The van der Waals surface area contributed by atoms with Gasteiger partial charge < -0.3 is 10.6 Å². The first kappa shape index (κ1) is 19.0. The zero-order chi connectivity index (χ0) is 18.6. The number of carbonyl (C=O) groups excluding carboxylic acids is 2. The van der Waals surface area contributed by atoms with Crippen LogP contribution in [0.4, 0.5) is 5.69 Å². The van der Waals surface area contributed by atoms with Gasteiger partial charge in [0.1, 0.15) is 0 Å². The molecule has 5 heteroatoms. The summed E-state index contributed by atoms with van der Waals surface area (Å²) in [6.45, 7) is 8.11. The van der Waals surface area contributed by atoms with Crippen molar-refractivity contribution >= 4 is 29.1 Å². The SMILES string of the molecule is Cc1cc(Cl)ccc1NC(=O)CNC(=O)c1ccc(C(C)(C)C)cc1. The molecule has 2 rings (SSSR count). The van der Waals surface area contributed by atoms with Crippen molar-refractivity contribution in [3.63, 3.8) is 0 Å². The molecule has 0 fully saturated rings. The molecule has 0 saturated heterocycles. The number of nitrogens with one attached hydrogen (secondary N) is 2. The van der Waals surface area contributed by atoms with E-state index in [1.165, 1.54) is 0 Å². The predicted octanol–water partition coefficient (Wildman–Crippen LogP) is 4.31. The molecule has 0 saturated carbocycles.